The zero-order chi connectivity index (χ0) is 20.8. The van der Waals surface area contributed by atoms with E-state index in [4.69, 9.17) is 5.73 Å². The van der Waals surface area contributed by atoms with Crippen molar-refractivity contribution in [2.45, 2.75) is 39.7 Å². The van der Waals surface area contributed by atoms with Crippen LogP contribution >= 0.6 is 0 Å². The van der Waals surface area contributed by atoms with Gasteiger partial charge in [0.05, 0.1) is 6.42 Å². The number of H-pyrrole nitrogens is 1. The second-order valence-corrected chi connectivity index (χ2v) is 6.51. The molecule has 1 heterocycles. The summed E-state index contributed by atoms with van der Waals surface area (Å²) in [6, 6.07) is 6.81. The van der Waals surface area contributed by atoms with Crippen molar-refractivity contribution in [3.05, 3.63) is 50.7 Å². The van der Waals surface area contributed by atoms with Gasteiger partial charge in [-0.3, -0.25) is 23.9 Å². The number of nitrogens with one attached hydrogen (secondary N) is 2. The highest BCUT2D eigenvalue weighted by Gasteiger charge is 2.21. The predicted octanol–water partition coefficient (Wildman–Crippen LogP) is 1.08. The molecule has 0 bridgehead atoms. The van der Waals surface area contributed by atoms with Crippen molar-refractivity contribution in [2.24, 2.45) is 0 Å². The number of nitrogens with two attached hydrogens (primary N) is 1. The Balaban J connectivity index is 2.24. The van der Waals surface area contributed by atoms with E-state index in [2.05, 4.69) is 10.3 Å². The molecule has 9 heteroatoms. The molecule has 2 amide bonds. The number of benzene rings is 1. The maximum atomic E-state index is 12.7. The largest absolute Gasteiger partial charge is 0.383 e. The second kappa shape index (κ2) is 9.03. The first-order chi connectivity index (χ1) is 13.2. The summed E-state index contributed by atoms with van der Waals surface area (Å²) in [5.74, 6) is -0.569. The van der Waals surface area contributed by atoms with Gasteiger partial charge in [0.1, 0.15) is 5.82 Å². The van der Waals surface area contributed by atoms with Crippen molar-refractivity contribution in [2.75, 3.05) is 23.0 Å². The van der Waals surface area contributed by atoms with E-state index in [0.717, 1.165) is 11.3 Å². The van der Waals surface area contributed by atoms with Crippen LogP contribution in [0.3, 0.4) is 0 Å². The Morgan fingerprint density at radius 1 is 1.21 bits per heavy atom. The Morgan fingerprint density at radius 2 is 1.86 bits per heavy atom. The molecule has 150 valence electrons. The van der Waals surface area contributed by atoms with Gasteiger partial charge in [-0.25, -0.2) is 4.79 Å². The Morgan fingerprint density at radius 3 is 2.43 bits per heavy atom. The number of carbonyl (C=O) groups excluding carboxylic acids is 2. The van der Waals surface area contributed by atoms with Crippen LogP contribution in [-0.4, -0.2) is 28.4 Å². The van der Waals surface area contributed by atoms with Gasteiger partial charge in [-0.2, -0.15) is 0 Å². The van der Waals surface area contributed by atoms with Crippen molar-refractivity contribution in [3.8, 4) is 0 Å². The number of unbranched alkanes of at least 4 members (excludes halogenated alkanes) is 1. The number of anilines is 3. The van der Waals surface area contributed by atoms with Crippen LogP contribution in [-0.2, 0) is 22.6 Å². The van der Waals surface area contributed by atoms with Crippen LogP contribution in [0.5, 0.6) is 0 Å². The standard InChI is InChI=1S/C19H25N5O4/c1-4-5-10-24-17(20)16(18(27)22-19(24)28)23(3)15(26)11-13-6-8-14(9-7-13)21-12(2)25/h6-9H,4-5,10-11,20H2,1-3H3,(H,21,25)(H,22,27,28). The van der Waals surface area contributed by atoms with Gasteiger partial charge in [0.25, 0.3) is 5.56 Å². The fourth-order valence-corrected chi connectivity index (χ4v) is 2.77. The molecule has 1 aromatic carbocycles. The number of nitrogens with zero attached hydrogens (tertiary/aromatic N) is 2. The van der Waals surface area contributed by atoms with Gasteiger partial charge < -0.3 is 16.0 Å². The molecule has 0 saturated heterocycles. The van der Waals surface area contributed by atoms with Crippen LogP contribution in [0.1, 0.15) is 32.3 Å². The summed E-state index contributed by atoms with van der Waals surface area (Å²) in [7, 11) is 1.45. The molecule has 0 aliphatic rings. The number of hydrogen-bond donors (Lipinski definition) is 3. The minimum Gasteiger partial charge on any atom is -0.383 e. The summed E-state index contributed by atoms with van der Waals surface area (Å²) in [6.45, 7) is 3.74. The molecule has 0 atom stereocenters. The number of hydrogen-bond acceptors (Lipinski definition) is 5. The molecule has 0 spiro atoms. The molecule has 28 heavy (non-hydrogen) atoms. The number of likely N-dealkylation sites (N-methyl/N-ethyl adjacent to an activating group) is 1. The molecule has 0 radical (unpaired) electrons. The van der Waals surface area contributed by atoms with Gasteiger partial charge in [-0.15, -0.1) is 0 Å². The number of nitrogen functional groups attached to an aromatic ring is 1. The van der Waals surface area contributed by atoms with Crippen molar-refractivity contribution in [3.63, 3.8) is 0 Å². The van der Waals surface area contributed by atoms with Crippen LogP contribution in [0.15, 0.2) is 33.9 Å². The van der Waals surface area contributed by atoms with E-state index >= 15 is 0 Å². The summed E-state index contributed by atoms with van der Waals surface area (Å²) < 4.78 is 1.27. The Hall–Kier alpha value is -3.36. The quantitative estimate of drug-likeness (QED) is 0.654. The number of aromatic nitrogens is 2. The van der Waals surface area contributed by atoms with Gasteiger partial charge in [0.2, 0.25) is 11.8 Å². The third-order valence-electron chi connectivity index (χ3n) is 4.29. The van der Waals surface area contributed by atoms with Crippen LogP contribution < -0.4 is 27.2 Å². The number of rotatable bonds is 7. The Labute approximate surface area is 162 Å². The highest BCUT2D eigenvalue weighted by atomic mass is 16.2. The number of aromatic amines is 1. The third kappa shape index (κ3) is 4.87. The molecule has 4 N–H and O–H groups in total. The third-order valence-corrected chi connectivity index (χ3v) is 4.29. The van der Waals surface area contributed by atoms with Crippen LogP contribution in [0.4, 0.5) is 17.2 Å². The molecule has 0 unspecified atom stereocenters. The normalized spacial score (nSPS) is 10.5. The number of carbonyl (C=O) groups is 2. The summed E-state index contributed by atoms with van der Waals surface area (Å²) in [5, 5.41) is 2.65. The molecule has 0 saturated carbocycles. The van der Waals surface area contributed by atoms with Crippen molar-refractivity contribution in [1.82, 2.24) is 9.55 Å². The smallest absolute Gasteiger partial charge is 0.330 e. The van der Waals surface area contributed by atoms with E-state index in [1.54, 1.807) is 24.3 Å². The average Bonchev–Trinajstić information content (AvgIpc) is 2.62. The highest BCUT2D eigenvalue weighted by molar-refractivity contribution is 5.96. The average molecular weight is 387 g/mol. The van der Waals surface area contributed by atoms with Crippen LogP contribution in [0.2, 0.25) is 0 Å². The highest BCUT2D eigenvalue weighted by Crippen LogP contribution is 2.17. The van der Waals surface area contributed by atoms with Gasteiger partial charge in [0, 0.05) is 26.2 Å². The lowest BCUT2D eigenvalue weighted by Crippen LogP contribution is -2.39. The maximum Gasteiger partial charge on any atom is 0.330 e. The van der Waals surface area contributed by atoms with Crippen molar-refractivity contribution >= 4 is 29.0 Å². The zero-order valence-electron chi connectivity index (χ0n) is 16.2. The first-order valence-corrected chi connectivity index (χ1v) is 9.00. The van der Waals surface area contributed by atoms with E-state index in [1.807, 2.05) is 6.92 Å². The topological polar surface area (TPSA) is 130 Å². The first kappa shape index (κ1) is 20.9. The lowest BCUT2D eigenvalue weighted by molar-refractivity contribution is -0.117. The van der Waals surface area contributed by atoms with E-state index < -0.39 is 11.2 Å². The van der Waals surface area contributed by atoms with Gasteiger partial charge >= 0.3 is 5.69 Å². The minimum atomic E-state index is -0.702. The van der Waals surface area contributed by atoms with Gasteiger partial charge in [0.15, 0.2) is 5.69 Å². The van der Waals surface area contributed by atoms with E-state index in [0.29, 0.717) is 24.2 Å². The molecule has 0 aliphatic heterocycles. The van der Waals surface area contributed by atoms with Gasteiger partial charge in [-0.1, -0.05) is 25.5 Å². The van der Waals surface area contributed by atoms with E-state index in [9.17, 15) is 19.2 Å². The molecule has 1 aromatic heterocycles. The fraction of sp³-hybridized carbons (Fsp3) is 0.368. The molecule has 2 aromatic rings. The fourth-order valence-electron chi connectivity index (χ4n) is 2.77. The summed E-state index contributed by atoms with van der Waals surface area (Å²) >= 11 is 0. The van der Waals surface area contributed by atoms with Crippen molar-refractivity contribution < 1.29 is 9.59 Å². The lowest BCUT2D eigenvalue weighted by atomic mass is 10.1. The summed E-state index contributed by atoms with van der Waals surface area (Å²) in [5.41, 5.74) is 6.03. The molecule has 2 rings (SSSR count). The van der Waals surface area contributed by atoms with Gasteiger partial charge in [-0.05, 0) is 24.1 Å². The Kier molecular flexibility index (Phi) is 6.75. The predicted molar refractivity (Wildman–Crippen MR) is 109 cm³/mol. The Bertz CT molecular complexity index is 975. The molecular weight excluding hydrogens is 362 g/mol. The maximum absolute atomic E-state index is 12.7. The number of amides is 2. The first-order valence-electron chi connectivity index (χ1n) is 9.00. The minimum absolute atomic E-state index is 0.0287. The molecule has 9 nitrogen and oxygen atoms in total. The summed E-state index contributed by atoms with van der Waals surface area (Å²) in [6.07, 6.45) is 1.60. The zero-order valence-corrected chi connectivity index (χ0v) is 16.2. The molecule has 0 fully saturated rings. The van der Waals surface area contributed by atoms with Crippen LogP contribution in [0.25, 0.3) is 0 Å². The molecule has 0 aliphatic carbocycles. The van der Waals surface area contributed by atoms with Crippen molar-refractivity contribution in [1.29, 1.82) is 0 Å². The second-order valence-electron chi connectivity index (χ2n) is 6.51. The summed E-state index contributed by atoms with van der Waals surface area (Å²) in [4.78, 5) is 51.4. The van der Waals surface area contributed by atoms with E-state index in [-0.39, 0.29) is 29.7 Å². The lowest BCUT2D eigenvalue weighted by Gasteiger charge is -2.20. The SMILES string of the molecule is CCCCn1c(N)c(N(C)C(=O)Cc2ccc(NC(C)=O)cc2)c(=O)[nH]c1=O. The molecular formula is C19H25N5O4. The monoisotopic (exact) mass is 387 g/mol. The van der Waals surface area contributed by atoms with E-state index in [1.165, 1.54) is 18.5 Å². The van der Waals surface area contributed by atoms with Crippen LogP contribution in [0, 0.1) is 0 Å².